The molecule has 60 valence electrons. The monoisotopic (exact) mass is 148 g/mol. The standard InChI is InChI=1S/C11H16/c1-3-8-7-9-4-2-6-11(9)10(8)5-1/h1,5,8-11H,2-4,6-7H2/t8-,9+,10-,11+/m0/s1. The van der Waals surface area contributed by atoms with Crippen LogP contribution in [-0.2, 0) is 0 Å². The second-order valence-electron chi connectivity index (χ2n) is 4.59. The third kappa shape index (κ3) is 0.758. The number of allylic oxidation sites excluding steroid dienone is 2. The number of fused-ring (bicyclic) bond motifs is 3. The first-order valence-electron chi connectivity index (χ1n) is 5.12. The van der Waals surface area contributed by atoms with Crippen molar-refractivity contribution in [1.82, 2.24) is 0 Å². The number of hydrogen-bond donors (Lipinski definition) is 0. The summed E-state index contributed by atoms with van der Waals surface area (Å²) >= 11 is 0. The molecule has 4 atom stereocenters. The van der Waals surface area contributed by atoms with Crippen LogP contribution in [0, 0.1) is 23.7 Å². The highest BCUT2D eigenvalue weighted by Gasteiger charge is 2.44. The summed E-state index contributed by atoms with van der Waals surface area (Å²) in [4.78, 5) is 0. The van der Waals surface area contributed by atoms with Crippen LogP contribution in [0.25, 0.3) is 0 Å². The van der Waals surface area contributed by atoms with Gasteiger partial charge in [-0.05, 0) is 42.9 Å². The molecule has 0 aromatic rings. The zero-order chi connectivity index (χ0) is 7.26. The minimum Gasteiger partial charge on any atom is -0.0879 e. The van der Waals surface area contributed by atoms with E-state index in [-0.39, 0.29) is 0 Å². The Hall–Kier alpha value is -0.260. The topological polar surface area (TPSA) is 0 Å². The van der Waals surface area contributed by atoms with Crippen molar-refractivity contribution in [2.75, 3.05) is 0 Å². The molecule has 0 nitrogen and oxygen atoms in total. The van der Waals surface area contributed by atoms with Gasteiger partial charge in [-0.1, -0.05) is 25.0 Å². The van der Waals surface area contributed by atoms with Gasteiger partial charge in [0.2, 0.25) is 0 Å². The average Bonchev–Trinajstić information content (AvgIpc) is 2.52. The number of hydrogen-bond acceptors (Lipinski definition) is 0. The van der Waals surface area contributed by atoms with Crippen molar-refractivity contribution in [2.24, 2.45) is 23.7 Å². The van der Waals surface area contributed by atoms with Gasteiger partial charge in [-0.15, -0.1) is 0 Å². The quantitative estimate of drug-likeness (QED) is 0.463. The van der Waals surface area contributed by atoms with Crippen molar-refractivity contribution in [3.63, 3.8) is 0 Å². The van der Waals surface area contributed by atoms with Gasteiger partial charge in [0.15, 0.2) is 0 Å². The second kappa shape index (κ2) is 2.12. The molecule has 3 aliphatic carbocycles. The summed E-state index contributed by atoms with van der Waals surface area (Å²) in [5, 5.41) is 0. The minimum absolute atomic E-state index is 1.02. The highest BCUT2D eigenvalue weighted by atomic mass is 14.5. The fourth-order valence-corrected chi connectivity index (χ4v) is 3.72. The van der Waals surface area contributed by atoms with Crippen molar-refractivity contribution in [2.45, 2.75) is 32.1 Å². The van der Waals surface area contributed by atoms with Gasteiger partial charge in [0.05, 0.1) is 0 Å². The Morgan fingerprint density at radius 1 is 1.09 bits per heavy atom. The summed E-state index contributed by atoms with van der Waals surface area (Å²) in [6.45, 7) is 0. The Labute approximate surface area is 68.7 Å². The molecule has 3 aliphatic rings. The summed E-state index contributed by atoms with van der Waals surface area (Å²) in [5.41, 5.74) is 0. The zero-order valence-corrected chi connectivity index (χ0v) is 7.00. The van der Waals surface area contributed by atoms with Crippen molar-refractivity contribution in [1.29, 1.82) is 0 Å². The summed E-state index contributed by atoms with van der Waals surface area (Å²) < 4.78 is 0. The smallest absolute Gasteiger partial charge is 0.0171 e. The number of rotatable bonds is 0. The van der Waals surface area contributed by atoms with Crippen LogP contribution in [-0.4, -0.2) is 0 Å². The lowest BCUT2D eigenvalue weighted by Gasteiger charge is -2.14. The second-order valence-corrected chi connectivity index (χ2v) is 4.59. The van der Waals surface area contributed by atoms with Gasteiger partial charge in [0, 0.05) is 0 Å². The molecule has 2 saturated carbocycles. The van der Waals surface area contributed by atoms with Crippen LogP contribution in [0.1, 0.15) is 32.1 Å². The van der Waals surface area contributed by atoms with Gasteiger partial charge in [0.25, 0.3) is 0 Å². The van der Waals surface area contributed by atoms with E-state index in [1.54, 1.807) is 12.8 Å². The Morgan fingerprint density at radius 2 is 2.09 bits per heavy atom. The molecule has 0 heteroatoms. The summed E-state index contributed by atoms with van der Waals surface area (Å²) in [5.74, 6) is 4.33. The van der Waals surface area contributed by atoms with E-state index in [0.29, 0.717) is 0 Å². The van der Waals surface area contributed by atoms with Crippen molar-refractivity contribution >= 4 is 0 Å². The van der Waals surface area contributed by atoms with Gasteiger partial charge in [-0.3, -0.25) is 0 Å². The predicted octanol–water partition coefficient (Wildman–Crippen LogP) is 3.00. The molecule has 0 aliphatic heterocycles. The Kier molecular flexibility index (Phi) is 1.21. The Balaban J connectivity index is 1.88. The van der Waals surface area contributed by atoms with Crippen LogP contribution < -0.4 is 0 Å². The van der Waals surface area contributed by atoms with E-state index in [9.17, 15) is 0 Å². The highest BCUT2D eigenvalue weighted by Crippen LogP contribution is 2.54. The minimum atomic E-state index is 1.02. The normalized spacial score (nSPS) is 53.1. The van der Waals surface area contributed by atoms with E-state index in [1.807, 2.05) is 0 Å². The molecule has 0 N–H and O–H groups in total. The van der Waals surface area contributed by atoms with E-state index in [0.717, 1.165) is 23.7 Å². The van der Waals surface area contributed by atoms with Crippen molar-refractivity contribution in [3.8, 4) is 0 Å². The molecular weight excluding hydrogens is 132 g/mol. The fourth-order valence-electron chi connectivity index (χ4n) is 3.72. The molecule has 0 aromatic carbocycles. The van der Waals surface area contributed by atoms with Crippen molar-refractivity contribution in [3.05, 3.63) is 12.2 Å². The van der Waals surface area contributed by atoms with E-state index in [2.05, 4.69) is 12.2 Å². The maximum Gasteiger partial charge on any atom is -0.0171 e. The van der Waals surface area contributed by atoms with Gasteiger partial charge in [0.1, 0.15) is 0 Å². The first-order chi connectivity index (χ1) is 5.45. The van der Waals surface area contributed by atoms with Crippen molar-refractivity contribution < 1.29 is 0 Å². The SMILES string of the molecule is C1=C[C@H]2[C@@H](C1)C[C@H]1CCC[C@H]12. The largest absolute Gasteiger partial charge is 0.0879 e. The first kappa shape index (κ1) is 6.28. The Bertz CT molecular complexity index is 192. The highest BCUT2D eigenvalue weighted by molar-refractivity contribution is 5.10. The molecule has 0 heterocycles. The lowest BCUT2D eigenvalue weighted by atomic mass is 9.91. The Morgan fingerprint density at radius 3 is 3.09 bits per heavy atom. The molecule has 3 rings (SSSR count). The molecule has 0 radical (unpaired) electrons. The first-order valence-corrected chi connectivity index (χ1v) is 5.12. The van der Waals surface area contributed by atoms with Crippen LogP contribution in [0.5, 0.6) is 0 Å². The fraction of sp³-hybridized carbons (Fsp3) is 0.818. The van der Waals surface area contributed by atoms with Gasteiger partial charge >= 0.3 is 0 Å². The molecular formula is C11H16. The maximum atomic E-state index is 2.51. The van der Waals surface area contributed by atoms with Crippen LogP contribution >= 0.6 is 0 Å². The van der Waals surface area contributed by atoms with Gasteiger partial charge < -0.3 is 0 Å². The molecule has 0 unspecified atom stereocenters. The van der Waals surface area contributed by atoms with Crippen LogP contribution in [0.15, 0.2) is 12.2 Å². The van der Waals surface area contributed by atoms with Crippen LogP contribution in [0.3, 0.4) is 0 Å². The lowest BCUT2D eigenvalue weighted by Crippen LogP contribution is -2.08. The third-order valence-electron chi connectivity index (χ3n) is 4.16. The maximum absolute atomic E-state index is 2.51. The summed E-state index contributed by atoms with van der Waals surface area (Å²) in [7, 11) is 0. The summed E-state index contributed by atoms with van der Waals surface area (Å²) in [6.07, 6.45) is 12.5. The molecule has 2 fully saturated rings. The molecule has 11 heavy (non-hydrogen) atoms. The zero-order valence-electron chi connectivity index (χ0n) is 7.00. The van der Waals surface area contributed by atoms with E-state index >= 15 is 0 Å². The van der Waals surface area contributed by atoms with Crippen LogP contribution in [0.4, 0.5) is 0 Å². The molecule has 0 bridgehead atoms. The molecule has 0 saturated heterocycles. The predicted molar refractivity (Wildman–Crippen MR) is 46.2 cm³/mol. The van der Waals surface area contributed by atoms with E-state index in [1.165, 1.54) is 19.3 Å². The van der Waals surface area contributed by atoms with Crippen LogP contribution in [0.2, 0.25) is 0 Å². The lowest BCUT2D eigenvalue weighted by molar-refractivity contribution is 0.385. The van der Waals surface area contributed by atoms with E-state index < -0.39 is 0 Å². The van der Waals surface area contributed by atoms with E-state index in [4.69, 9.17) is 0 Å². The third-order valence-corrected chi connectivity index (χ3v) is 4.16. The average molecular weight is 148 g/mol. The summed E-state index contributed by atoms with van der Waals surface area (Å²) in [6, 6.07) is 0. The molecule has 0 aromatic heterocycles. The molecule has 0 spiro atoms. The van der Waals surface area contributed by atoms with Gasteiger partial charge in [-0.2, -0.15) is 0 Å². The molecule has 0 amide bonds. The van der Waals surface area contributed by atoms with Gasteiger partial charge in [-0.25, -0.2) is 0 Å².